The SMILES string of the molecule is Cc1cc(C)c2c(c1)C(=O)C(C)C(C)S2=O. The van der Waals surface area contributed by atoms with Crippen LogP contribution in [0, 0.1) is 19.8 Å². The fraction of sp³-hybridized carbons (Fsp3) is 0.462. The Bertz CT molecular complexity index is 491. The second-order valence-corrected chi connectivity index (χ2v) is 6.36. The minimum absolute atomic E-state index is 0.0820. The summed E-state index contributed by atoms with van der Waals surface area (Å²) in [6, 6.07) is 3.86. The highest BCUT2D eigenvalue weighted by molar-refractivity contribution is 7.86. The number of Topliss-reactive ketones (excluding diaryl/α,β-unsaturated/α-hetero) is 1. The van der Waals surface area contributed by atoms with Crippen molar-refractivity contribution in [3.63, 3.8) is 0 Å². The highest BCUT2D eigenvalue weighted by Gasteiger charge is 2.36. The molecule has 1 aromatic rings. The lowest BCUT2D eigenvalue weighted by Crippen LogP contribution is -2.34. The van der Waals surface area contributed by atoms with Gasteiger partial charge in [0.2, 0.25) is 0 Å². The number of hydrogen-bond acceptors (Lipinski definition) is 2. The van der Waals surface area contributed by atoms with Crippen molar-refractivity contribution < 1.29 is 9.00 Å². The number of rotatable bonds is 0. The molecule has 2 nitrogen and oxygen atoms in total. The first-order valence-corrected chi connectivity index (χ1v) is 6.71. The van der Waals surface area contributed by atoms with Crippen LogP contribution in [0.4, 0.5) is 0 Å². The number of hydrogen-bond donors (Lipinski definition) is 0. The molecule has 0 radical (unpaired) electrons. The Kier molecular flexibility index (Phi) is 2.74. The van der Waals surface area contributed by atoms with Crippen LogP contribution in [0.1, 0.15) is 35.3 Å². The molecular weight excluding hydrogens is 220 g/mol. The first-order valence-electron chi connectivity index (χ1n) is 5.49. The van der Waals surface area contributed by atoms with Crippen LogP contribution < -0.4 is 0 Å². The molecule has 3 unspecified atom stereocenters. The van der Waals surface area contributed by atoms with Gasteiger partial charge in [-0.3, -0.25) is 9.00 Å². The number of ketones is 1. The van der Waals surface area contributed by atoms with E-state index < -0.39 is 10.8 Å². The number of benzene rings is 1. The Morgan fingerprint density at radius 3 is 2.44 bits per heavy atom. The molecule has 3 atom stereocenters. The topological polar surface area (TPSA) is 34.1 Å². The summed E-state index contributed by atoms with van der Waals surface area (Å²) in [7, 11) is -1.05. The van der Waals surface area contributed by atoms with Crippen molar-refractivity contribution in [1.82, 2.24) is 0 Å². The van der Waals surface area contributed by atoms with Gasteiger partial charge in [0.15, 0.2) is 5.78 Å². The smallest absolute Gasteiger partial charge is 0.168 e. The summed E-state index contributed by atoms with van der Waals surface area (Å²) >= 11 is 0. The van der Waals surface area contributed by atoms with E-state index in [4.69, 9.17) is 0 Å². The van der Waals surface area contributed by atoms with Crippen LogP contribution in [-0.4, -0.2) is 15.2 Å². The molecule has 86 valence electrons. The summed E-state index contributed by atoms with van der Waals surface area (Å²) in [5.74, 6) is -0.0107. The first-order chi connectivity index (χ1) is 7.43. The molecule has 1 aliphatic rings. The third kappa shape index (κ3) is 1.54. The van der Waals surface area contributed by atoms with Crippen LogP contribution in [0.2, 0.25) is 0 Å². The van der Waals surface area contributed by atoms with E-state index in [-0.39, 0.29) is 17.0 Å². The summed E-state index contributed by atoms with van der Waals surface area (Å²) in [6.45, 7) is 7.65. The average Bonchev–Trinajstić information content (AvgIpc) is 2.22. The molecule has 0 aliphatic carbocycles. The highest BCUT2D eigenvalue weighted by atomic mass is 32.2. The first kappa shape index (κ1) is 11.5. The summed E-state index contributed by atoms with van der Waals surface area (Å²) in [4.78, 5) is 12.9. The molecule has 0 spiro atoms. The zero-order valence-corrected chi connectivity index (χ0v) is 10.9. The van der Waals surface area contributed by atoms with E-state index in [1.165, 1.54) is 0 Å². The largest absolute Gasteiger partial charge is 0.294 e. The monoisotopic (exact) mass is 236 g/mol. The Morgan fingerprint density at radius 2 is 1.81 bits per heavy atom. The maximum atomic E-state index is 12.3. The van der Waals surface area contributed by atoms with Gasteiger partial charge in [-0.2, -0.15) is 0 Å². The summed E-state index contributed by atoms with van der Waals surface area (Å²) in [6.07, 6.45) is 0. The van der Waals surface area contributed by atoms with Gasteiger partial charge in [-0.15, -0.1) is 0 Å². The van der Waals surface area contributed by atoms with E-state index in [9.17, 15) is 9.00 Å². The molecule has 0 saturated carbocycles. The zero-order valence-electron chi connectivity index (χ0n) is 10.0. The van der Waals surface area contributed by atoms with E-state index in [2.05, 4.69) is 0 Å². The lowest BCUT2D eigenvalue weighted by atomic mass is 9.93. The van der Waals surface area contributed by atoms with E-state index in [0.717, 1.165) is 16.0 Å². The van der Waals surface area contributed by atoms with Gasteiger partial charge in [-0.1, -0.05) is 18.6 Å². The Labute approximate surface area is 98.5 Å². The Hall–Kier alpha value is -0.960. The van der Waals surface area contributed by atoms with Crippen molar-refractivity contribution in [2.24, 2.45) is 5.92 Å². The molecule has 2 rings (SSSR count). The molecule has 0 bridgehead atoms. The van der Waals surface area contributed by atoms with Crippen molar-refractivity contribution in [1.29, 1.82) is 0 Å². The van der Waals surface area contributed by atoms with Crippen molar-refractivity contribution in [2.75, 3.05) is 0 Å². The minimum Gasteiger partial charge on any atom is -0.294 e. The minimum atomic E-state index is -1.05. The highest BCUT2D eigenvalue weighted by Crippen LogP contribution is 2.33. The van der Waals surface area contributed by atoms with Crippen LogP contribution >= 0.6 is 0 Å². The van der Waals surface area contributed by atoms with Crippen LogP contribution in [-0.2, 0) is 10.8 Å². The molecule has 1 aromatic carbocycles. The maximum Gasteiger partial charge on any atom is 0.168 e. The van der Waals surface area contributed by atoms with Gasteiger partial charge < -0.3 is 0 Å². The van der Waals surface area contributed by atoms with Gasteiger partial charge >= 0.3 is 0 Å². The fourth-order valence-corrected chi connectivity index (χ4v) is 3.85. The average molecular weight is 236 g/mol. The molecule has 0 saturated heterocycles. The van der Waals surface area contributed by atoms with Gasteiger partial charge in [-0.05, 0) is 32.4 Å². The molecule has 3 heteroatoms. The van der Waals surface area contributed by atoms with Gasteiger partial charge in [0, 0.05) is 16.7 Å². The number of aryl methyl sites for hydroxylation is 2. The standard InChI is InChI=1S/C13H16O2S/c1-7-5-8(2)13-11(6-7)12(14)9(3)10(4)16(13)15/h5-6,9-10H,1-4H3. The van der Waals surface area contributed by atoms with Crippen molar-refractivity contribution >= 4 is 16.6 Å². The Morgan fingerprint density at radius 1 is 1.19 bits per heavy atom. The van der Waals surface area contributed by atoms with Gasteiger partial charge in [0.05, 0.1) is 15.7 Å². The summed E-state index contributed by atoms with van der Waals surface area (Å²) in [5.41, 5.74) is 2.70. The lowest BCUT2D eigenvalue weighted by Gasteiger charge is -2.27. The molecular formula is C13H16O2S. The quantitative estimate of drug-likeness (QED) is 0.694. The van der Waals surface area contributed by atoms with Crippen molar-refractivity contribution in [3.8, 4) is 0 Å². The van der Waals surface area contributed by atoms with Crippen molar-refractivity contribution in [3.05, 3.63) is 28.8 Å². The second kappa shape index (κ2) is 3.81. The third-order valence-corrected chi connectivity index (χ3v) is 5.37. The van der Waals surface area contributed by atoms with Crippen LogP contribution in [0.5, 0.6) is 0 Å². The van der Waals surface area contributed by atoms with E-state index >= 15 is 0 Å². The molecule has 0 fully saturated rings. The van der Waals surface area contributed by atoms with Crippen LogP contribution in [0.15, 0.2) is 17.0 Å². The fourth-order valence-electron chi connectivity index (χ4n) is 2.23. The Balaban J connectivity index is 2.73. The van der Waals surface area contributed by atoms with E-state index in [0.29, 0.717) is 5.56 Å². The molecule has 16 heavy (non-hydrogen) atoms. The molecule has 1 heterocycles. The molecule has 0 aromatic heterocycles. The third-order valence-electron chi connectivity index (χ3n) is 3.34. The number of carbonyl (C=O) groups is 1. The van der Waals surface area contributed by atoms with Gasteiger partial charge in [0.25, 0.3) is 0 Å². The van der Waals surface area contributed by atoms with Crippen molar-refractivity contribution in [2.45, 2.75) is 37.8 Å². The maximum absolute atomic E-state index is 12.3. The number of carbonyl (C=O) groups excluding carboxylic acids is 1. The zero-order chi connectivity index (χ0) is 12.0. The lowest BCUT2D eigenvalue weighted by molar-refractivity contribution is 0.0922. The van der Waals surface area contributed by atoms with Gasteiger partial charge in [-0.25, -0.2) is 0 Å². The summed E-state index contributed by atoms with van der Waals surface area (Å²) in [5, 5.41) is -0.0820. The van der Waals surface area contributed by atoms with Gasteiger partial charge in [0.1, 0.15) is 0 Å². The summed E-state index contributed by atoms with van der Waals surface area (Å²) < 4.78 is 12.3. The predicted molar refractivity (Wildman–Crippen MR) is 65.3 cm³/mol. The van der Waals surface area contributed by atoms with Crippen LogP contribution in [0.25, 0.3) is 0 Å². The molecule has 0 N–H and O–H groups in total. The second-order valence-electron chi connectivity index (χ2n) is 4.61. The molecule has 1 aliphatic heterocycles. The molecule has 0 amide bonds. The van der Waals surface area contributed by atoms with E-state index in [1.807, 2.05) is 39.8 Å². The normalized spacial score (nSPS) is 29.0. The van der Waals surface area contributed by atoms with Crippen LogP contribution in [0.3, 0.4) is 0 Å². The number of fused-ring (bicyclic) bond motifs is 1. The van der Waals surface area contributed by atoms with E-state index in [1.54, 1.807) is 0 Å². The predicted octanol–water partition coefficient (Wildman–Crippen LogP) is 2.63.